The van der Waals surface area contributed by atoms with Gasteiger partial charge in [-0.25, -0.2) is 0 Å². The molecule has 3 nitrogen and oxygen atoms in total. The van der Waals surface area contributed by atoms with Crippen molar-refractivity contribution >= 4 is 0 Å². The Morgan fingerprint density at radius 2 is 1.63 bits per heavy atom. The van der Waals surface area contributed by atoms with Gasteiger partial charge in [0.25, 0.3) is 0 Å². The van der Waals surface area contributed by atoms with Crippen molar-refractivity contribution in [2.24, 2.45) is 0 Å². The molecule has 0 saturated carbocycles. The Labute approximate surface area is 181 Å². The van der Waals surface area contributed by atoms with Crippen LogP contribution in [0, 0.1) is 0 Å². The molecule has 0 amide bonds. The van der Waals surface area contributed by atoms with Crippen LogP contribution in [-0.4, -0.2) is 34.3 Å². The monoisotopic (exact) mass is 401 g/mol. The minimum atomic E-state index is 0.631. The molecule has 1 aliphatic rings. The van der Waals surface area contributed by atoms with E-state index in [1.807, 2.05) is 0 Å². The molecule has 2 heterocycles. The van der Waals surface area contributed by atoms with E-state index in [0.29, 0.717) is 11.8 Å². The number of likely N-dealkylation sites (tertiary alicyclic amines) is 1. The van der Waals surface area contributed by atoms with Gasteiger partial charge in [0.2, 0.25) is 0 Å². The number of piperidine rings is 1. The molecule has 1 saturated heterocycles. The molecular weight excluding hydrogens is 366 g/mol. The maximum Gasteiger partial charge on any atom is 0.0671 e. The van der Waals surface area contributed by atoms with Crippen LogP contribution in [0.15, 0.2) is 66.7 Å². The lowest BCUT2D eigenvalue weighted by molar-refractivity contribution is 0.203. The van der Waals surface area contributed by atoms with Crippen LogP contribution >= 0.6 is 0 Å². The lowest BCUT2D eigenvalue weighted by atomic mass is 9.92. The number of benzene rings is 2. The molecule has 1 fully saturated rings. The zero-order valence-corrected chi connectivity index (χ0v) is 18.5. The molecular formula is C27H35N3. The minimum absolute atomic E-state index is 0.631. The largest absolute Gasteiger partial charge is 0.303 e. The fraction of sp³-hybridized carbons (Fsp3) is 0.444. The zero-order valence-electron chi connectivity index (χ0n) is 18.5. The molecule has 0 spiro atoms. The highest BCUT2D eigenvalue weighted by atomic mass is 15.3. The van der Waals surface area contributed by atoms with Crippen molar-refractivity contribution < 1.29 is 0 Å². The summed E-state index contributed by atoms with van der Waals surface area (Å²) in [5, 5.41) is 4.91. The number of rotatable bonds is 8. The number of hydrogen-bond acceptors (Lipinski definition) is 2. The maximum absolute atomic E-state index is 4.91. The van der Waals surface area contributed by atoms with E-state index in [1.165, 1.54) is 61.4 Å². The molecule has 4 rings (SSSR count). The van der Waals surface area contributed by atoms with E-state index in [4.69, 9.17) is 5.10 Å². The first-order valence-electron chi connectivity index (χ1n) is 11.6. The SMILES string of the molecule is CCn1nc(Cc2ccccc2)cc1C1CCN(CCC(C)c2ccccc2)CC1. The zero-order chi connectivity index (χ0) is 20.8. The molecule has 1 unspecified atom stereocenters. The van der Waals surface area contributed by atoms with Gasteiger partial charge in [-0.1, -0.05) is 67.6 Å². The van der Waals surface area contributed by atoms with Gasteiger partial charge in [0.15, 0.2) is 0 Å². The number of nitrogens with zero attached hydrogens (tertiary/aromatic N) is 3. The van der Waals surface area contributed by atoms with Crippen LogP contribution in [0.2, 0.25) is 0 Å². The van der Waals surface area contributed by atoms with E-state index < -0.39 is 0 Å². The van der Waals surface area contributed by atoms with Crippen molar-refractivity contribution in [3.63, 3.8) is 0 Å². The summed E-state index contributed by atoms with van der Waals surface area (Å²) in [7, 11) is 0. The van der Waals surface area contributed by atoms with Crippen molar-refractivity contribution in [2.75, 3.05) is 19.6 Å². The van der Waals surface area contributed by atoms with Gasteiger partial charge in [-0.3, -0.25) is 4.68 Å². The maximum atomic E-state index is 4.91. The highest BCUT2D eigenvalue weighted by molar-refractivity contribution is 5.24. The topological polar surface area (TPSA) is 21.1 Å². The molecule has 3 heteroatoms. The van der Waals surface area contributed by atoms with E-state index in [0.717, 1.165) is 13.0 Å². The third-order valence-electron chi connectivity index (χ3n) is 6.64. The second kappa shape index (κ2) is 10.1. The fourth-order valence-electron chi connectivity index (χ4n) is 4.74. The average molecular weight is 402 g/mol. The van der Waals surface area contributed by atoms with E-state index in [9.17, 15) is 0 Å². The summed E-state index contributed by atoms with van der Waals surface area (Å²) in [6.07, 6.45) is 4.66. The van der Waals surface area contributed by atoms with Crippen LogP contribution in [0.1, 0.15) is 67.5 Å². The van der Waals surface area contributed by atoms with Crippen molar-refractivity contribution in [3.05, 3.63) is 89.2 Å². The van der Waals surface area contributed by atoms with Gasteiger partial charge in [0.05, 0.1) is 5.69 Å². The molecule has 30 heavy (non-hydrogen) atoms. The predicted molar refractivity (Wildman–Crippen MR) is 125 cm³/mol. The van der Waals surface area contributed by atoms with E-state index in [-0.39, 0.29) is 0 Å². The van der Waals surface area contributed by atoms with Gasteiger partial charge in [-0.15, -0.1) is 0 Å². The summed E-state index contributed by atoms with van der Waals surface area (Å²) in [6.45, 7) is 9.14. The van der Waals surface area contributed by atoms with Gasteiger partial charge in [-0.05, 0) is 68.9 Å². The van der Waals surface area contributed by atoms with Crippen molar-refractivity contribution in [1.29, 1.82) is 0 Å². The molecule has 1 aliphatic heterocycles. The Kier molecular flexibility index (Phi) is 7.01. The third kappa shape index (κ3) is 5.20. The second-order valence-corrected chi connectivity index (χ2v) is 8.75. The number of aromatic nitrogens is 2. The molecule has 0 N–H and O–H groups in total. The quantitative estimate of drug-likeness (QED) is 0.471. The summed E-state index contributed by atoms with van der Waals surface area (Å²) in [5.41, 5.74) is 5.45. The molecule has 0 radical (unpaired) electrons. The average Bonchev–Trinajstić information content (AvgIpc) is 3.22. The van der Waals surface area contributed by atoms with Gasteiger partial charge < -0.3 is 4.90 Å². The standard InChI is InChI=1S/C27H35N3/c1-3-30-27(21-26(28-30)20-23-10-6-4-7-11-23)25-15-18-29(19-16-25)17-14-22(2)24-12-8-5-9-13-24/h4-13,21-22,25H,3,14-20H2,1-2H3. The molecule has 0 bridgehead atoms. The molecule has 158 valence electrons. The van der Waals surface area contributed by atoms with Crippen LogP contribution in [0.4, 0.5) is 0 Å². The Hall–Kier alpha value is -2.39. The molecule has 3 aromatic rings. The lowest BCUT2D eigenvalue weighted by Crippen LogP contribution is -2.34. The lowest BCUT2D eigenvalue weighted by Gasteiger charge is -2.32. The molecule has 0 aliphatic carbocycles. The first-order valence-corrected chi connectivity index (χ1v) is 11.6. The predicted octanol–water partition coefficient (Wildman–Crippen LogP) is 5.87. The molecule has 1 aromatic heterocycles. The first kappa shape index (κ1) is 20.9. The fourth-order valence-corrected chi connectivity index (χ4v) is 4.74. The van der Waals surface area contributed by atoms with E-state index >= 15 is 0 Å². The Morgan fingerprint density at radius 1 is 0.967 bits per heavy atom. The Bertz CT molecular complexity index is 892. The summed E-state index contributed by atoms with van der Waals surface area (Å²) in [6, 6.07) is 24.0. The summed E-state index contributed by atoms with van der Waals surface area (Å²) >= 11 is 0. The second-order valence-electron chi connectivity index (χ2n) is 8.75. The smallest absolute Gasteiger partial charge is 0.0671 e. The highest BCUT2D eigenvalue weighted by Crippen LogP contribution is 2.30. The van der Waals surface area contributed by atoms with Gasteiger partial charge >= 0.3 is 0 Å². The van der Waals surface area contributed by atoms with E-state index in [2.05, 4.69) is 90.2 Å². The third-order valence-corrected chi connectivity index (χ3v) is 6.64. The summed E-state index contributed by atoms with van der Waals surface area (Å²) in [4.78, 5) is 2.66. The van der Waals surface area contributed by atoms with Crippen LogP contribution in [0.5, 0.6) is 0 Å². The van der Waals surface area contributed by atoms with Crippen LogP contribution < -0.4 is 0 Å². The van der Waals surface area contributed by atoms with Crippen molar-refractivity contribution in [1.82, 2.24) is 14.7 Å². The number of aryl methyl sites for hydroxylation is 1. The number of hydrogen-bond donors (Lipinski definition) is 0. The van der Waals surface area contributed by atoms with E-state index in [1.54, 1.807) is 0 Å². The Morgan fingerprint density at radius 3 is 2.30 bits per heavy atom. The molecule has 1 atom stereocenters. The minimum Gasteiger partial charge on any atom is -0.303 e. The van der Waals surface area contributed by atoms with Crippen LogP contribution in [-0.2, 0) is 13.0 Å². The summed E-state index contributed by atoms with van der Waals surface area (Å²) < 4.78 is 2.25. The van der Waals surface area contributed by atoms with Crippen molar-refractivity contribution in [2.45, 2.75) is 57.9 Å². The van der Waals surface area contributed by atoms with Gasteiger partial charge in [-0.2, -0.15) is 5.10 Å². The summed E-state index contributed by atoms with van der Waals surface area (Å²) in [5.74, 6) is 1.27. The van der Waals surface area contributed by atoms with Crippen LogP contribution in [0.25, 0.3) is 0 Å². The highest BCUT2D eigenvalue weighted by Gasteiger charge is 2.24. The Balaban J connectivity index is 1.31. The molecule has 2 aromatic carbocycles. The van der Waals surface area contributed by atoms with Gasteiger partial charge in [0, 0.05) is 24.6 Å². The van der Waals surface area contributed by atoms with Crippen LogP contribution in [0.3, 0.4) is 0 Å². The first-order chi connectivity index (χ1) is 14.7. The van der Waals surface area contributed by atoms with Gasteiger partial charge in [0.1, 0.15) is 0 Å². The normalized spacial score (nSPS) is 16.6. The van der Waals surface area contributed by atoms with Crippen molar-refractivity contribution in [3.8, 4) is 0 Å².